The number of rotatable bonds is 2. The van der Waals surface area contributed by atoms with Gasteiger partial charge in [0.1, 0.15) is 22.8 Å². The number of phenols is 1. The van der Waals surface area contributed by atoms with Gasteiger partial charge in [-0.2, -0.15) is 0 Å². The Morgan fingerprint density at radius 3 is 2.36 bits per heavy atom. The Hall–Kier alpha value is -2.93. The van der Waals surface area contributed by atoms with Gasteiger partial charge >= 0.3 is 0 Å². The number of fused-ring (bicyclic) bond motifs is 3. The molecule has 33 heavy (non-hydrogen) atoms. The van der Waals surface area contributed by atoms with E-state index in [1.807, 2.05) is 12.1 Å². The normalized spacial score (nSPS) is 30.1. The minimum atomic E-state index is -2.44. The van der Waals surface area contributed by atoms with E-state index in [2.05, 4.69) is 0 Å². The summed E-state index contributed by atoms with van der Waals surface area (Å²) < 4.78 is 0. The van der Waals surface area contributed by atoms with Crippen molar-refractivity contribution < 1.29 is 34.8 Å². The molecule has 1 fully saturated rings. The smallest absolute Gasteiger partial charge is 0.209 e. The first-order valence-electron chi connectivity index (χ1n) is 11.7. The first-order valence-corrected chi connectivity index (χ1v) is 11.7. The van der Waals surface area contributed by atoms with Crippen LogP contribution >= 0.6 is 0 Å². The lowest BCUT2D eigenvalue weighted by Crippen LogP contribution is -2.56. The number of hydrogen-bond acceptors (Lipinski definition) is 7. The van der Waals surface area contributed by atoms with Crippen molar-refractivity contribution >= 4 is 17.3 Å². The number of carbonyl (C=O) groups is 3. The molecule has 5 rings (SSSR count). The lowest BCUT2D eigenvalue weighted by molar-refractivity contribution is -0.144. The van der Waals surface area contributed by atoms with E-state index in [0.717, 1.165) is 44.6 Å². The molecule has 1 aromatic rings. The Kier molecular flexibility index (Phi) is 5.01. The Labute approximate surface area is 191 Å². The molecule has 0 bridgehead atoms. The van der Waals surface area contributed by atoms with Crippen LogP contribution in [0.1, 0.15) is 79.3 Å². The Bertz CT molecular complexity index is 1150. The largest absolute Gasteiger partial charge is 0.511 e. The summed E-state index contributed by atoms with van der Waals surface area (Å²) in [6.07, 6.45) is 5.59. The number of hydrogen-bond donors (Lipinski definition) is 4. The van der Waals surface area contributed by atoms with Gasteiger partial charge in [0, 0.05) is 17.9 Å². The van der Waals surface area contributed by atoms with Gasteiger partial charge in [-0.25, -0.2) is 0 Å². The number of ketones is 3. The number of allylic oxidation sites excluding steroid dienone is 2. The van der Waals surface area contributed by atoms with Crippen molar-refractivity contribution in [2.45, 2.75) is 69.8 Å². The minimum Gasteiger partial charge on any atom is -0.511 e. The van der Waals surface area contributed by atoms with Gasteiger partial charge in [0.25, 0.3) is 0 Å². The van der Waals surface area contributed by atoms with Crippen molar-refractivity contribution in [2.24, 2.45) is 11.8 Å². The Morgan fingerprint density at radius 2 is 1.70 bits per heavy atom. The zero-order chi connectivity index (χ0) is 23.7. The van der Waals surface area contributed by atoms with Crippen LogP contribution in [0.25, 0.3) is 0 Å². The fraction of sp³-hybridized carbons (Fsp3) is 0.500. The first kappa shape index (κ1) is 21.9. The number of aliphatic hydroxyl groups excluding tert-OH is 2. The average molecular weight is 453 g/mol. The molecule has 0 radical (unpaired) electrons. The lowest BCUT2D eigenvalue weighted by atomic mass is 9.60. The van der Waals surface area contributed by atoms with Crippen molar-refractivity contribution in [1.29, 1.82) is 0 Å². The SMILES string of the molecule is CC(=O)C1=C(O)C[C@@H]2C[C@@H]3Cc4ccc(C5CCCCC5)c(O)c4C(=O)C3=C(O)[C@]2(O)C1=O. The Balaban J connectivity index is 1.62. The van der Waals surface area contributed by atoms with E-state index in [0.29, 0.717) is 12.0 Å². The molecule has 1 aromatic carbocycles. The standard InChI is InChI=1S/C26H28O7/c1-12(27)19-18(28)11-16-10-15-9-14-7-8-17(13-5-3-2-4-6-13)22(29)20(14)23(30)21(15)25(32)26(16,33)24(19)31/h7-8,13,15-16,28-29,32-33H,2-6,9-11H2,1H3/t15-,16-,26+/m0/s1. The van der Waals surface area contributed by atoms with Crippen LogP contribution in [0.5, 0.6) is 5.75 Å². The maximum Gasteiger partial charge on any atom is 0.209 e. The van der Waals surface area contributed by atoms with Crippen LogP contribution in [0.2, 0.25) is 0 Å². The molecule has 0 heterocycles. The van der Waals surface area contributed by atoms with Gasteiger partial charge in [-0.1, -0.05) is 31.4 Å². The first-order chi connectivity index (χ1) is 15.7. The molecule has 0 aliphatic heterocycles. The number of Topliss-reactive ketones (excluding diaryl/α,β-unsaturated/α-hetero) is 3. The van der Waals surface area contributed by atoms with Crippen molar-refractivity contribution in [3.05, 3.63) is 51.5 Å². The van der Waals surface area contributed by atoms with Gasteiger partial charge < -0.3 is 20.4 Å². The number of benzene rings is 1. The molecule has 0 amide bonds. The van der Waals surface area contributed by atoms with E-state index < -0.39 is 51.9 Å². The summed E-state index contributed by atoms with van der Waals surface area (Å²) in [5.41, 5.74) is -1.52. The predicted octanol–water partition coefficient (Wildman–Crippen LogP) is 3.73. The summed E-state index contributed by atoms with van der Waals surface area (Å²) in [4.78, 5) is 38.6. The van der Waals surface area contributed by atoms with Crippen molar-refractivity contribution in [2.75, 3.05) is 0 Å². The Morgan fingerprint density at radius 1 is 1.00 bits per heavy atom. The van der Waals surface area contributed by atoms with Crippen molar-refractivity contribution in [1.82, 2.24) is 0 Å². The summed E-state index contributed by atoms with van der Waals surface area (Å²) in [6.45, 7) is 1.11. The monoisotopic (exact) mass is 452 g/mol. The molecular weight excluding hydrogens is 424 g/mol. The van der Waals surface area contributed by atoms with Crippen molar-refractivity contribution in [3.8, 4) is 5.75 Å². The van der Waals surface area contributed by atoms with Crippen LogP contribution in [-0.2, 0) is 16.0 Å². The van der Waals surface area contributed by atoms with E-state index in [1.165, 1.54) is 0 Å². The highest BCUT2D eigenvalue weighted by atomic mass is 16.3. The third-order valence-electron chi connectivity index (χ3n) is 8.12. The van der Waals surface area contributed by atoms with Gasteiger partial charge in [0.2, 0.25) is 5.78 Å². The topological polar surface area (TPSA) is 132 Å². The zero-order valence-corrected chi connectivity index (χ0v) is 18.6. The van der Waals surface area contributed by atoms with E-state index >= 15 is 0 Å². The molecule has 1 saturated carbocycles. The van der Waals surface area contributed by atoms with Gasteiger partial charge in [-0.05, 0) is 55.6 Å². The molecular formula is C26H28O7. The number of aliphatic hydroxyl groups is 3. The number of aromatic hydroxyl groups is 1. The van der Waals surface area contributed by atoms with E-state index in [9.17, 15) is 34.8 Å². The molecule has 7 heteroatoms. The second-order valence-corrected chi connectivity index (χ2v) is 9.98. The van der Waals surface area contributed by atoms with Gasteiger partial charge in [-0.15, -0.1) is 0 Å². The molecule has 174 valence electrons. The predicted molar refractivity (Wildman–Crippen MR) is 118 cm³/mol. The molecule has 4 N–H and O–H groups in total. The van der Waals surface area contributed by atoms with E-state index in [4.69, 9.17) is 0 Å². The summed E-state index contributed by atoms with van der Waals surface area (Å²) in [7, 11) is 0. The van der Waals surface area contributed by atoms with Crippen molar-refractivity contribution in [3.63, 3.8) is 0 Å². The van der Waals surface area contributed by atoms with Gasteiger partial charge in [0.15, 0.2) is 17.2 Å². The van der Waals surface area contributed by atoms with Gasteiger partial charge in [0.05, 0.1) is 5.56 Å². The fourth-order valence-electron chi connectivity index (χ4n) is 6.46. The lowest BCUT2D eigenvalue weighted by Gasteiger charge is -2.45. The average Bonchev–Trinajstić information content (AvgIpc) is 2.76. The maximum atomic E-state index is 13.6. The summed E-state index contributed by atoms with van der Waals surface area (Å²) in [6, 6.07) is 3.76. The molecule has 0 spiro atoms. The molecule has 4 aliphatic rings. The van der Waals surface area contributed by atoms with Gasteiger partial charge in [-0.3, -0.25) is 14.4 Å². The molecule has 0 unspecified atom stereocenters. The molecule has 0 saturated heterocycles. The third kappa shape index (κ3) is 3.01. The quantitative estimate of drug-likeness (QED) is 0.503. The van der Waals surface area contributed by atoms with Crippen LogP contribution in [0.15, 0.2) is 34.8 Å². The highest BCUT2D eigenvalue weighted by Gasteiger charge is 2.59. The number of phenolic OH excluding ortho intramolecular Hbond substituents is 1. The maximum absolute atomic E-state index is 13.6. The van der Waals surface area contributed by atoms with E-state index in [-0.39, 0.29) is 35.6 Å². The second-order valence-electron chi connectivity index (χ2n) is 9.98. The fourth-order valence-corrected chi connectivity index (χ4v) is 6.46. The highest BCUT2D eigenvalue weighted by molar-refractivity contribution is 6.25. The zero-order valence-electron chi connectivity index (χ0n) is 18.6. The molecule has 3 atom stereocenters. The van der Waals surface area contributed by atoms with E-state index in [1.54, 1.807) is 0 Å². The minimum absolute atomic E-state index is 0.0741. The molecule has 0 aromatic heterocycles. The molecule has 7 nitrogen and oxygen atoms in total. The highest BCUT2D eigenvalue weighted by Crippen LogP contribution is 2.52. The summed E-state index contributed by atoms with van der Waals surface area (Å²) in [5, 5.41) is 43.8. The van der Waals surface area contributed by atoms with Crippen LogP contribution in [-0.4, -0.2) is 43.4 Å². The van der Waals surface area contributed by atoms with Crippen LogP contribution in [0.4, 0.5) is 0 Å². The van der Waals surface area contributed by atoms with Crippen LogP contribution in [0.3, 0.4) is 0 Å². The number of carbonyl (C=O) groups excluding carboxylic acids is 3. The second kappa shape index (κ2) is 7.55. The summed E-state index contributed by atoms with van der Waals surface area (Å²) >= 11 is 0. The van der Waals surface area contributed by atoms with Crippen LogP contribution < -0.4 is 0 Å². The third-order valence-corrected chi connectivity index (χ3v) is 8.12. The summed E-state index contributed by atoms with van der Waals surface area (Å²) in [5.74, 6) is -4.74. The molecule has 4 aliphatic carbocycles. The van der Waals surface area contributed by atoms with Crippen LogP contribution in [0, 0.1) is 11.8 Å².